The maximum absolute atomic E-state index is 11.9. The molecule has 0 aliphatic heterocycles. The zero-order chi connectivity index (χ0) is 13.8. The molecule has 0 aromatic heterocycles. The first-order valence-corrected chi connectivity index (χ1v) is 7.77. The van der Waals surface area contributed by atoms with E-state index in [1.165, 1.54) is 0 Å². The number of benzene rings is 1. The van der Waals surface area contributed by atoms with Crippen LogP contribution in [0.2, 0.25) is 0 Å². The Bertz CT molecular complexity index is 498. The molecule has 0 atom stereocenters. The highest BCUT2D eigenvalue weighted by Crippen LogP contribution is 2.17. The van der Waals surface area contributed by atoms with E-state index in [1.807, 2.05) is 6.92 Å². The van der Waals surface area contributed by atoms with E-state index < -0.39 is 15.1 Å². The molecule has 3 nitrogen and oxygen atoms in total. The van der Waals surface area contributed by atoms with Crippen LogP contribution in [0.25, 0.3) is 0 Å². The highest BCUT2D eigenvalue weighted by atomic mass is 32.2. The molecular weight excluding hydrogens is 248 g/mol. The average Bonchev–Trinajstić information content (AvgIpc) is 2.36. The van der Waals surface area contributed by atoms with E-state index in [-0.39, 0.29) is 5.78 Å². The van der Waals surface area contributed by atoms with Crippen LogP contribution in [0.15, 0.2) is 29.2 Å². The van der Waals surface area contributed by atoms with Gasteiger partial charge in [-0.2, -0.15) is 0 Å². The number of rotatable bonds is 6. The molecule has 0 N–H and O–H groups in total. The summed E-state index contributed by atoms with van der Waals surface area (Å²) in [5, 5.41) is -0.412. The normalized spacial score (nSPS) is 11.8. The summed E-state index contributed by atoms with van der Waals surface area (Å²) in [5.41, 5.74) is 1.000. The van der Waals surface area contributed by atoms with Crippen molar-refractivity contribution in [2.45, 2.75) is 50.2 Å². The minimum Gasteiger partial charge on any atom is -0.300 e. The van der Waals surface area contributed by atoms with E-state index in [1.54, 1.807) is 38.1 Å². The van der Waals surface area contributed by atoms with Gasteiger partial charge in [-0.1, -0.05) is 19.1 Å². The summed E-state index contributed by atoms with van der Waals surface area (Å²) < 4.78 is 23.8. The molecule has 0 spiro atoms. The average molecular weight is 268 g/mol. The van der Waals surface area contributed by atoms with Crippen molar-refractivity contribution >= 4 is 15.6 Å². The minimum atomic E-state index is -3.20. The van der Waals surface area contributed by atoms with Crippen molar-refractivity contribution in [3.63, 3.8) is 0 Å². The van der Waals surface area contributed by atoms with Crippen LogP contribution in [0, 0.1) is 0 Å². The quantitative estimate of drug-likeness (QED) is 0.797. The molecule has 0 fully saturated rings. The van der Waals surface area contributed by atoms with E-state index >= 15 is 0 Å². The summed E-state index contributed by atoms with van der Waals surface area (Å²) in [6, 6.07) is 6.83. The summed E-state index contributed by atoms with van der Waals surface area (Å²) in [6.45, 7) is 5.19. The second-order valence-corrected chi connectivity index (χ2v) is 7.13. The number of ketones is 1. The molecule has 0 saturated carbocycles. The van der Waals surface area contributed by atoms with Crippen LogP contribution in [-0.4, -0.2) is 19.5 Å². The lowest BCUT2D eigenvalue weighted by Crippen LogP contribution is -2.13. The molecule has 100 valence electrons. The molecule has 1 aromatic rings. The third-order valence-electron chi connectivity index (χ3n) is 2.96. The summed E-state index contributed by atoms with van der Waals surface area (Å²) in [5.74, 6) is 0.230. The number of sulfone groups is 1. The standard InChI is InChI=1S/C14H20O3S/c1-4-13(15)8-5-12-6-9-14(10-7-12)18(16,17)11(2)3/h6-7,9-11H,4-5,8H2,1-3H3. The lowest BCUT2D eigenvalue weighted by Gasteiger charge is -2.08. The Morgan fingerprint density at radius 1 is 1.17 bits per heavy atom. The SMILES string of the molecule is CCC(=O)CCc1ccc(S(=O)(=O)C(C)C)cc1. The molecule has 1 aromatic carbocycles. The molecule has 18 heavy (non-hydrogen) atoms. The van der Waals surface area contributed by atoms with Crippen molar-refractivity contribution in [3.8, 4) is 0 Å². The number of hydrogen-bond donors (Lipinski definition) is 0. The van der Waals surface area contributed by atoms with Gasteiger partial charge in [0.05, 0.1) is 10.1 Å². The van der Waals surface area contributed by atoms with Crippen molar-refractivity contribution in [2.75, 3.05) is 0 Å². The van der Waals surface area contributed by atoms with Gasteiger partial charge in [0.2, 0.25) is 0 Å². The topological polar surface area (TPSA) is 51.2 Å². The fourth-order valence-corrected chi connectivity index (χ4v) is 2.64. The van der Waals surface area contributed by atoms with E-state index in [0.717, 1.165) is 5.56 Å². The molecule has 0 heterocycles. The molecular formula is C14H20O3S. The third-order valence-corrected chi connectivity index (χ3v) is 5.13. The minimum absolute atomic E-state index is 0.230. The zero-order valence-electron chi connectivity index (χ0n) is 11.1. The highest BCUT2D eigenvalue weighted by Gasteiger charge is 2.18. The van der Waals surface area contributed by atoms with Gasteiger partial charge < -0.3 is 0 Å². The molecule has 0 amide bonds. The Balaban J connectivity index is 2.78. The first-order chi connectivity index (χ1) is 8.37. The Labute approximate surface area is 109 Å². The van der Waals surface area contributed by atoms with Crippen LogP contribution in [0.1, 0.15) is 39.2 Å². The lowest BCUT2D eigenvalue weighted by atomic mass is 10.1. The van der Waals surface area contributed by atoms with Gasteiger partial charge in [0.1, 0.15) is 5.78 Å². The molecule has 4 heteroatoms. The van der Waals surface area contributed by atoms with Crippen molar-refractivity contribution in [1.82, 2.24) is 0 Å². The first kappa shape index (κ1) is 14.9. The fourth-order valence-electron chi connectivity index (χ4n) is 1.58. The summed E-state index contributed by atoms with van der Waals surface area (Å²) in [6.07, 6.45) is 1.75. The number of hydrogen-bond acceptors (Lipinski definition) is 3. The Hall–Kier alpha value is -1.16. The molecule has 0 bridgehead atoms. The van der Waals surface area contributed by atoms with Gasteiger partial charge >= 0.3 is 0 Å². The van der Waals surface area contributed by atoms with E-state index in [9.17, 15) is 13.2 Å². The van der Waals surface area contributed by atoms with Crippen LogP contribution in [-0.2, 0) is 21.1 Å². The first-order valence-electron chi connectivity index (χ1n) is 6.22. The monoisotopic (exact) mass is 268 g/mol. The maximum atomic E-state index is 11.9. The summed E-state index contributed by atoms with van der Waals surface area (Å²) in [4.78, 5) is 11.6. The molecule has 0 radical (unpaired) electrons. The summed E-state index contributed by atoms with van der Waals surface area (Å²) >= 11 is 0. The smallest absolute Gasteiger partial charge is 0.180 e. The van der Waals surface area contributed by atoms with E-state index in [2.05, 4.69) is 0 Å². The van der Waals surface area contributed by atoms with E-state index in [0.29, 0.717) is 24.2 Å². The Morgan fingerprint density at radius 3 is 2.17 bits per heavy atom. The predicted octanol–water partition coefficient (Wildman–Crippen LogP) is 2.78. The number of carbonyl (C=O) groups excluding carboxylic acids is 1. The van der Waals surface area contributed by atoms with Crippen LogP contribution >= 0.6 is 0 Å². The van der Waals surface area contributed by atoms with Gasteiger partial charge in [0.25, 0.3) is 0 Å². The third kappa shape index (κ3) is 3.67. The zero-order valence-corrected chi connectivity index (χ0v) is 12.0. The van der Waals surface area contributed by atoms with Crippen LogP contribution in [0.3, 0.4) is 0 Å². The predicted molar refractivity (Wildman–Crippen MR) is 72.4 cm³/mol. The van der Waals surface area contributed by atoms with Crippen molar-refractivity contribution < 1.29 is 13.2 Å². The van der Waals surface area contributed by atoms with Gasteiger partial charge in [-0.15, -0.1) is 0 Å². The molecule has 0 aliphatic carbocycles. The van der Waals surface area contributed by atoms with Crippen molar-refractivity contribution in [2.24, 2.45) is 0 Å². The maximum Gasteiger partial charge on any atom is 0.180 e. The van der Waals surface area contributed by atoms with Gasteiger partial charge in [-0.25, -0.2) is 8.42 Å². The van der Waals surface area contributed by atoms with Crippen LogP contribution in [0.4, 0.5) is 0 Å². The second kappa shape index (κ2) is 6.14. The highest BCUT2D eigenvalue weighted by molar-refractivity contribution is 7.92. The number of aryl methyl sites for hydroxylation is 1. The second-order valence-electron chi connectivity index (χ2n) is 4.63. The van der Waals surface area contributed by atoms with Crippen molar-refractivity contribution in [3.05, 3.63) is 29.8 Å². The summed E-state index contributed by atoms with van der Waals surface area (Å²) in [7, 11) is -3.20. The number of carbonyl (C=O) groups is 1. The van der Waals surface area contributed by atoms with Gasteiger partial charge in [0, 0.05) is 12.8 Å². The Kier molecular flexibility index (Phi) is 5.08. The van der Waals surface area contributed by atoms with Crippen molar-refractivity contribution in [1.29, 1.82) is 0 Å². The van der Waals surface area contributed by atoms with Gasteiger partial charge in [-0.3, -0.25) is 4.79 Å². The Morgan fingerprint density at radius 2 is 1.72 bits per heavy atom. The fraction of sp³-hybridized carbons (Fsp3) is 0.500. The van der Waals surface area contributed by atoms with Crippen LogP contribution in [0.5, 0.6) is 0 Å². The van der Waals surface area contributed by atoms with E-state index in [4.69, 9.17) is 0 Å². The van der Waals surface area contributed by atoms with Gasteiger partial charge in [0.15, 0.2) is 9.84 Å². The number of Topliss-reactive ketones (excluding diaryl/α,β-unsaturated/α-hetero) is 1. The molecule has 0 saturated heterocycles. The van der Waals surface area contributed by atoms with Crippen LogP contribution < -0.4 is 0 Å². The lowest BCUT2D eigenvalue weighted by molar-refractivity contribution is -0.118. The largest absolute Gasteiger partial charge is 0.300 e. The molecule has 1 rings (SSSR count). The molecule has 0 aliphatic rings. The van der Waals surface area contributed by atoms with Gasteiger partial charge in [-0.05, 0) is 38.0 Å². The molecule has 0 unspecified atom stereocenters.